The Bertz CT molecular complexity index is 1040. The number of aryl methyl sites for hydroxylation is 1. The Hall–Kier alpha value is -2.77. The number of benzene rings is 2. The molecule has 0 bridgehead atoms. The second-order valence-electron chi connectivity index (χ2n) is 6.22. The second-order valence-corrected chi connectivity index (χ2v) is 7.65. The molecule has 0 saturated carbocycles. The van der Waals surface area contributed by atoms with Crippen molar-refractivity contribution < 1.29 is 14.0 Å². The SMILES string of the molecule is Cc1nc(-c2ccc(Cl)cc2)sc1C(=O)N(C)C(C(N)=O)c1cccc(F)c1. The lowest BCUT2D eigenvalue weighted by Crippen LogP contribution is -2.39. The van der Waals surface area contributed by atoms with Crippen molar-refractivity contribution in [1.82, 2.24) is 9.88 Å². The summed E-state index contributed by atoms with van der Waals surface area (Å²) in [5, 5.41) is 1.26. The summed E-state index contributed by atoms with van der Waals surface area (Å²) in [5.41, 5.74) is 7.18. The number of thiazole rings is 1. The van der Waals surface area contributed by atoms with Gasteiger partial charge in [0.2, 0.25) is 5.91 Å². The van der Waals surface area contributed by atoms with Crippen LogP contribution < -0.4 is 5.73 Å². The first kappa shape index (κ1) is 20.0. The van der Waals surface area contributed by atoms with E-state index in [1.165, 1.54) is 41.5 Å². The average molecular weight is 418 g/mol. The zero-order valence-electron chi connectivity index (χ0n) is 15.1. The number of hydrogen-bond acceptors (Lipinski definition) is 4. The first-order valence-electron chi connectivity index (χ1n) is 8.33. The van der Waals surface area contributed by atoms with Gasteiger partial charge in [-0.2, -0.15) is 0 Å². The van der Waals surface area contributed by atoms with Gasteiger partial charge in [-0.05, 0) is 36.8 Å². The number of carbonyl (C=O) groups is 2. The number of nitrogens with zero attached hydrogens (tertiary/aromatic N) is 2. The van der Waals surface area contributed by atoms with Gasteiger partial charge in [-0.15, -0.1) is 11.3 Å². The minimum absolute atomic E-state index is 0.309. The first-order valence-corrected chi connectivity index (χ1v) is 9.52. The molecule has 1 unspecified atom stereocenters. The molecule has 144 valence electrons. The van der Waals surface area contributed by atoms with Crippen LogP contribution in [0.2, 0.25) is 5.02 Å². The Morgan fingerprint density at radius 3 is 2.50 bits per heavy atom. The summed E-state index contributed by atoms with van der Waals surface area (Å²) in [6.07, 6.45) is 0. The van der Waals surface area contributed by atoms with Crippen molar-refractivity contribution in [3.05, 3.63) is 75.5 Å². The van der Waals surface area contributed by atoms with Gasteiger partial charge in [-0.25, -0.2) is 9.37 Å². The van der Waals surface area contributed by atoms with Gasteiger partial charge in [0.15, 0.2) is 0 Å². The minimum atomic E-state index is -1.09. The van der Waals surface area contributed by atoms with E-state index in [1.807, 2.05) is 12.1 Å². The van der Waals surface area contributed by atoms with E-state index >= 15 is 0 Å². The maximum atomic E-state index is 13.6. The molecule has 0 saturated heterocycles. The maximum Gasteiger partial charge on any atom is 0.266 e. The second kappa shape index (κ2) is 8.08. The van der Waals surface area contributed by atoms with Gasteiger partial charge < -0.3 is 10.6 Å². The molecule has 1 aromatic heterocycles. The number of halogens is 2. The molecular formula is C20H17ClFN3O2S. The quantitative estimate of drug-likeness (QED) is 0.675. The average Bonchev–Trinajstić information content (AvgIpc) is 3.03. The van der Waals surface area contributed by atoms with Crippen LogP contribution in [-0.2, 0) is 4.79 Å². The van der Waals surface area contributed by atoms with Crippen molar-refractivity contribution in [1.29, 1.82) is 0 Å². The third-order valence-electron chi connectivity index (χ3n) is 4.22. The molecule has 0 radical (unpaired) electrons. The van der Waals surface area contributed by atoms with E-state index in [1.54, 1.807) is 25.1 Å². The topological polar surface area (TPSA) is 76.3 Å². The van der Waals surface area contributed by atoms with Gasteiger partial charge in [0.1, 0.15) is 21.7 Å². The molecule has 0 fully saturated rings. The normalized spacial score (nSPS) is 11.9. The van der Waals surface area contributed by atoms with Gasteiger partial charge in [-0.3, -0.25) is 9.59 Å². The molecule has 2 amide bonds. The van der Waals surface area contributed by atoms with Crippen LogP contribution in [0.1, 0.15) is 27.0 Å². The molecule has 0 aliphatic heterocycles. The van der Waals surface area contributed by atoms with E-state index < -0.39 is 23.7 Å². The number of rotatable bonds is 5. The van der Waals surface area contributed by atoms with Crippen LogP contribution in [-0.4, -0.2) is 28.7 Å². The Labute approximate surface area is 170 Å². The zero-order valence-corrected chi connectivity index (χ0v) is 16.7. The van der Waals surface area contributed by atoms with Crippen LogP contribution in [0.3, 0.4) is 0 Å². The number of amides is 2. The van der Waals surface area contributed by atoms with Gasteiger partial charge in [0.25, 0.3) is 5.91 Å². The zero-order chi connectivity index (χ0) is 20.4. The van der Waals surface area contributed by atoms with Crippen molar-refractivity contribution in [2.75, 3.05) is 7.05 Å². The van der Waals surface area contributed by atoms with Gasteiger partial charge in [0.05, 0.1) is 5.69 Å². The van der Waals surface area contributed by atoms with Crippen LogP contribution in [0.5, 0.6) is 0 Å². The van der Waals surface area contributed by atoms with E-state index in [0.717, 1.165) is 5.56 Å². The molecule has 8 heteroatoms. The molecule has 28 heavy (non-hydrogen) atoms. The van der Waals surface area contributed by atoms with Crippen LogP contribution in [0.4, 0.5) is 4.39 Å². The summed E-state index contributed by atoms with van der Waals surface area (Å²) >= 11 is 7.12. The minimum Gasteiger partial charge on any atom is -0.368 e. The lowest BCUT2D eigenvalue weighted by Gasteiger charge is -2.25. The van der Waals surface area contributed by atoms with Crippen molar-refractivity contribution in [2.45, 2.75) is 13.0 Å². The van der Waals surface area contributed by atoms with Gasteiger partial charge in [0, 0.05) is 17.6 Å². The van der Waals surface area contributed by atoms with E-state index in [2.05, 4.69) is 4.98 Å². The summed E-state index contributed by atoms with van der Waals surface area (Å²) in [7, 11) is 1.46. The molecule has 0 aliphatic carbocycles. The number of primary amides is 1. The molecule has 3 aromatic rings. The van der Waals surface area contributed by atoms with Crippen LogP contribution in [0, 0.1) is 12.7 Å². The third kappa shape index (κ3) is 4.05. The Morgan fingerprint density at radius 1 is 1.21 bits per heavy atom. The smallest absolute Gasteiger partial charge is 0.266 e. The predicted molar refractivity (Wildman–Crippen MR) is 108 cm³/mol. The number of nitrogens with two attached hydrogens (primary N) is 1. The molecule has 2 aromatic carbocycles. The van der Waals surface area contributed by atoms with Gasteiger partial charge >= 0.3 is 0 Å². The molecule has 2 N–H and O–H groups in total. The van der Waals surface area contributed by atoms with E-state index in [-0.39, 0.29) is 0 Å². The summed E-state index contributed by atoms with van der Waals surface area (Å²) in [4.78, 5) is 31.1. The van der Waals surface area contributed by atoms with Crippen molar-refractivity contribution in [3.8, 4) is 10.6 Å². The Morgan fingerprint density at radius 2 is 1.89 bits per heavy atom. The highest BCUT2D eigenvalue weighted by molar-refractivity contribution is 7.17. The number of likely N-dealkylation sites (N-methyl/N-ethyl adjacent to an activating group) is 1. The Balaban J connectivity index is 1.94. The maximum absolute atomic E-state index is 13.6. The number of aromatic nitrogens is 1. The summed E-state index contributed by atoms with van der Waals surface area (Å²) in [6.45, 7) is 1.72. The number of hydrogen-bond donors (Lipinski definition) is 1. The van der Waals surface area contributed by atoms with Crippen LogP contribution >= 0.6 is 22.9 Å². The highest BCUT2D eigenvalue weighted by Crippen LogP contribution is 2.31. The molecule has 1 atom stereocenters. The fourth-order valence-electron chi connectivity index (χ4n) is 2.84. The van der Waals surface area contributed by atoms with Crippen LogP contribution in [0.15, 0.2) is 48.5 Å². The summed E-state index contributed by atoms with van der Waals surface area (Å²) < 4.78 is 13.6. The highest BCUT2D eigenvalue weighted by atomic mass is 35.5. The van der Waals surface area contributed by atoms with Gasteiger partial charge in [-0.1, -0.05) is 35.9 Å². The number of carbonyl (C=O) groups excluding carboxylic acids is 2. The summed E-state index contributed by atoms with van der Waals surface area (Å²) in [6, 6.07) is 11.5. The van der Waals surface area contributed by atoms with Crippen LogP contribution in [0.25, 0.3) is 10.6 Å². The lowest BCUT2D eigenvalue weighted by molar-refractivity contribution is -0.122. The first-order chi connectivity index (χ1) is 13.3. The van der Waals surface area contributed by atoms with Crippen molar-refractivity contribution in [3.63, 3.8) is 0 Å². The fraction of sp³-hybridized carbons (Fsp3) is 0.150. The van der Waals surface area contributed by atoms with Crippen molar-refractivity contribution in [2.24, 2.45) is 5.73 Å². The molecule has 3 rings (SSSR count). The third-order valence-corrected chi connectivity index (χ3v) is 5.67. The molecule has 1 heterocycles. The molecule has 0 aliphatic rings. The van der Waals surface area contributed by atoms with E-state index in [9.17, 15) is 14.0 Å². The monoisotopic (exact) mass is 417 g/mol. The fourth-order valence-corrected chi connectivity index (χ4v) is 4.02. The molecule has 5 nitrogen and oxygen atoms in total. The Kier molecular flexibility index (Phi) is 5.76. The highest BCUT2D eigenvalue weighted by Gasteiger charge is 2.30. The van der Waals surface area contributed by atoms with E-state index in [4.69, 9.17) is 17.3 Å². The lowest BCUT2D eigenvalue weighted by atomic mass is 10.0. The van der Waals surface area contributed by atoms with Crippen molar-refractivity contribution >= 4 is 34.8 Å². The predicted octanol–water partition coefficient (Wildman–Crippen LogP) is 4.21. The summed E-state index contributed by atoms with van der Waals surface area (Å²) in [5.74, 6) is -1.67. The molecule has 0 spiro atoms. The largest absolute Gasteiger partial charge is 0.368 e. The molecular weight excluding hydrogens is 401 g/mol. The van der Waals surface area contributed by atoms with E-state index in [0.29, 0.717) is 26.2 Å². The standard InChI is InChI=1S/C20H17ClFN3O2S/c1-11-17(28-19(24-11)12-6-8-14(21)9-7-12)20(27)25(2)16(18(23)26)13-4-3-5-15(22)10-13/h3-10,16H,1-2H3,(H2,23,26).